The van der Waals surface area contributed by atoms with Crippen LogP contribution in [-0.4, -0.2) is 12.1 Å². The Bertz CT molecular complexity index is 1210. The molecule has 0 aromatic heterocycles. The van der Waals surface area contributed by atoms with Crippen molar-refractivity contribution in [2.75, 3.05) is 0 Å². The number of esters is 1. The van der Waals surface area contributed by atoms with E-state index in [0.29, 0.717) is 48.8 Å². The molecule has 0 saturated heterocycles. The summed E-state index contributed by atoms with van der Waals surface area (Å²) in [5.41, 5.74) is 3.28. The van der Waals surface area contributed by atoms with Gasteiger partial charge in [-0.25, -0.2) is 18.0 Å². The summed E-state index contributed by atoms with van der Waals surface area (Å²) in [5, 5.41) is 0. The van der Waals surface area contributed by atoms with Gasteiger partial charge in [0.15, 0.2) is 11.6 Å². The van der Waals surface area contributed by atoms with Gasteiger partial charge in [0, 0.05) is 5.56 Å². The second kappa shape index (κ2) is 12.4. The standard InChI is InChI=1S/C32H35F3O2/c1-3-5-7-24-12-13-25(20-29(24)33)32(36)37-26-16-14-23(15-17-26)28-19-18-27(30(34)31(28)35)22-10-8-21(6-4-2)9-11-22/h8-13,18-20,23,26H,3-7,14-17H2,1-2H3. The van der Waals surface area contributed by atoms with Crippen LogP contribution in [0.4, 0.5) is 13.2 Å². The van der Waals surface area contributed by atoms with Crippen molar-refractivity contribution in [3.63, 3.8) is 0 Å². The summed E-state index contributed by atoms with van der Waals surface area (Å²) in [4.78, 5) is 12.6. The maximum absolute atomic E-state index is 15.1. The first-order valence-corrected chi connectivity index (χ1v) is 13.5. The Morgan fingerprint density at radius 2 is 1.57 bits per heavy atom. The Kier molecular flexibility index (Phi) is 9.07. The number of aryl methyl sites for hydroxylation is 2. The number of hydrogen-bond donors (Lipinski definition) is 0. The Morgan fingerprint density at radius 1 is 0.838 bits per heavy atom. The normalized spacial score (nSPS) is 17.5. The molecule has 1 saturated carbocycles. The largest absolute Gasteiger partial charge is 0.459 e. The van der Waals surface area contributed by atoms with Crippen molar-refractivity contribution in [1.82, 2.24) is 0 Å². The van der Waals surface area contributed by atoms with E-state index in [0.717, 1.165) is 25.7 Å². The van der Waals surface area contributed by atoms with Crippen molar-refractivity contribution in [2.45, 2.75) is 83.7 Å². The van der Waals surface area contributed by atoms with Gasteiger partial charge in [-0.2, -0.15) is 0 Å². The zero-order valence-electron chi connectivity index (χ0n) is 21.7. The lowest BCUT2D eigenvalue weighted by atomic mass is 9.82. The number of rotatable bonds is 9. The van der Waals surface area contributed by atoms with Crippen LogP contribution in [0.3, 0.4) is 0 Å². The molecule has 1 aliphatic carbocycles. The second-order valence-corrected chi connectivity index (χ2v) is 10.1. The lowest BCUT2D eigenvalue weighted by molar-refractivity contribution is 0.0193. The molecule has 0 radical (unpaired) electrons. The lowest BCUT2D eigenvalue weighted by Gasteiger charge is -2.29. The summed E-state index contributed by atoms with van der Waals surface area (Å²) >= 11 is 0. The van der Waals surface area contributed by atoms with Crippen molar-refractivity contribution >= 4 is 5.97 Å². The summed E-state index contributed by atoms with van der Waals surface area (Å²) in [6.07, 6.45) is 6.45. The Hall–Kier alpha value is -3.08. The van der Waals surface area contributed by atoms with Crippen LogP contribution < -0.4 is 0 Å². The van der Waals surface area contributed by atoms with Gasteiger partial charge in [-0.3, -0.25) is 0 Å². The number of halogens is 3. The minimum absolute atomic E-state index is 0.138. The van der Waals surface area contributed by atoms with Crippen molar-refractivity contribution in [3.05, 3.63) is 94.3 Å². The van der Waals surface area contributed by atoms with Gasteiger partial charge in [-0.15, -0.1) is 0 Å². The molecule has 0 amide bonds. The molecule has 0 bridgehead atoms. The number of benzene rings is 3. The number of unbranched alkanes of at least 4 members (excludes halogenated alkanes) is 1. The van der Waals surface area contributed by atoms with E-state index in [1.807, 2.05) is 31.2 Å². The molecule has 1 fully saturated rings. The fraction of sp³-hybridized carbons (Fsp3) is 0.406. The first-order chi connectivity index (χ1) is 17.9. The first-order valence-electron chi connectivity index (χ1n) is 13.5. The molecule has 0 heterocycles. The van der Waals surface area contributed by atoms with Crippen molar-refractivity contribution in [2.24, 2.45) is 0 Å². The molecule has 3 aromatic rings. The molecule has 0 N–H and O–H groups in total. The van der Waals surface area contributed by atoms with E-state index in [2.05, 4.69) is 6.92 Å². The van der Waals surface area contributed by atoms with Gasteiger partial charge in [-0.1, -0.05) is 69.2 Å². The maximum Gasteiger partial charge on any atom is 0.338 e. The molecule has 37 heavy (non-hydrogen) atoms. The van der Waals surface area contributed by atoms with E-state index in [1.54, 1.807) is 24.3 Å². The van der Waals surface area contributed by atoms with Gasteiger partial charge in [-0.05, 0) is 85.3 Å². The third-order valence-corrected chi connectivity index (χ3v) is 7.39. The molecule has 0 atom stereocenters. The number of carbonyl (C=O) groups excluding carboxylic acids is 1. The summed E-state index contributed by atoms with van der Waals surface area (Å²) < 4.78 is 50.1. The predicted molar refractivity (Wildman–Crippen MR) is 141 cm³/mol. The van der Waals surface area contributed by atoms with Crippen LogP contribution in [0.5, 0.6) is 0 Å². The van der Waals surface area contributed by atoms with Gasteiger partial charge >= 0.3 is 5.97 Å². The summed E-state index contributed by atoms with van der Waals surface area (Å²) in [7, 11) is 0. The van der Waals surface area contributed by atoms with Gasteiger partial charge in [0.25, 0.3) is 0 Å². The van der Waals surface area contributed by atoms with Crippen molar-refractivity contribution in [1.29, 1.82) is 0 Å². The third-order valence-electron chi connectivity index (χ3n) is 7.39. The zero-order valence-corrected chi connectivity index (χ0v) is 21.7. The van der Waals surface area contributed by atoms with Gasteiger partial charge in [0.2, 0.25) is 0 Å². The van der Waals surface area contributed by atoms with Gasteiger partial charge in [0.1, 0.15) is 11.9 Å². The lowest BCUT2D eigenvalue weighted by Crippen LogP contribution is -2.24. The van der Waals surface area contributed by atoms with E-state index >= 15 is 8.78 Å². The van der Waals surface area contributed by atoms with Gasteiger partial charge < -0.3 is 4.74 Å². The highest BCUT2D eigenvalue weighted by molar-refractivity contribution is 5.89. The highest BCUT2D eigenvalue weighted by Crippen LogP contribution is 2.38. The Balaban J connectivity index is 1.36. The minimum Gasteiger partial charge on any atom is -0.459 e. The quantitative estimate of drug-likeness (QED) is 0.270. The molecule has 0 aliphatic heterocycles. The van der Waals surface area contributed by atoms with Crippen LogP contribution in [0, 0.1) is 17.5 Å². The molecular weight excluding hydrogens is 473 g/mol. The topological polar surface area (TPSA) is 26.3 Å². The molecule has 3 aromatic carbocycles. The third kappa shape index (κ3) is 6.44. The summed E-state index contributed by atoms with van der Waals surface area (Å²) in [6.45, 7) is 4.15. The highest BCUT2D eigenvalue weighted by atomic mass is 19.2. The number of ether oxygens (including phenoxy) is 1. The fourth-order valence-corrected chi connectivity index (χ4v) is 5.20. The van der Waals surface area contributed by atoms with Crippen LogP contribution >= 0.6 is 0 Å². The number of hydrogen-bond acceptors (Lipinski definition) is 2. The van der Waals surface area contributed by atoms with Crippen LogP contribution in [0.15, 0.2) is 54.6 Å². The molecule has 4 rings (SSSR count). The molecule has 1 aliphatic rings. The highest BCUT2D eigenvalue weighted by Gasteiger charge is 2.28. The smallest absolute Gasteiger partial charge is 0.338 e. The summed E-state index contributed by atoms with van der Waals surface area (Å²) in [5.74, 6) is -2.69. The average Bonchev–Trinajstić information content (AvgIpc) is 2.91. The van der Waals surface area contributed by atoms with Crippen LogP contribution in [0.25, 0.3) is 11.1 Å². The second-order valence-electron chi connectivity index (χ2n) is 10.1. The van der Waals surface area contributed by atoms with Gasteiger partial charge in [0.05, 0.1) is 5.56 Å². The van der Waals surface area contributed by atoms with Crippen molar-refractivity contribution < 1.29 is 22.7 Å². The average molecular weight is 509 g/mol. The predicted octanol–water partition coefficient (Wildman–Crippen LogP) is 8.95. The van der Waals surface area contributed by atoms with E-state index in [9.17, 15) is 9.18 Å². The van der Waals surface area contributed by atoms with Crippen molar-refractivity contribution in [3.8, 4) is 11.1 Å². The maximum atomic E-state index is 15.1. The van der Waals surface area contributed by atoms with Crippen LogP contribution in [0.2, 0.25) is 0 Å². The zero-order chi connectivity index (χ0) is 26.4. The van der Waals surface area contributed by atoms with E-state index in [4.69, 9.17) is 4.74 Å². The van der Waals surface area contributed by atoms with E-state index in [1.165, 1.54) is 11.6 Å². The molecule has 0 spiro atoms. The number of carbonyl (C=O) groups is 1. The van der Waals surface area contributed by atoms with Crippen LogP contribution in [-0.2, 0) is 17.6 Å². The van der Waals surface area contributed by atoms with Crippen LogP contribution in [0.1, 0.15) is 91.8 Å². The Labute approximate surface area is 217 Å². The Morgan fingerprint density at radius 3 is 2.22 bits per heavy atom. The monoisotopic (exact) mass is 508 g/mol. The van der Waals surface area contributed by atoms with E-state index < -0.39 is 17.6 Å². The molecule has 2 nitrogen and oxygen atoms in total. The minimum atomic E-state index is -0.821. The first kappa shape index (κ1) is 27.0. The molecule has 0 unspecified atom stereocenters. The molecular formula is C32H35F3O2. The molecule has 196 valence electrons. The van der Waals surface area contributed by atoms with E-state index in [-0.39, 0.29) is 29.0 Å². The summed E-state index contributed by atoms with van der Waals surface area (Å²) in [6, 6.07) is 15.5. The fourth-order valence-electron chi connectivity index (χ4n) is 5.20. The SMILES string of the molecule is CCCCc1ccc(C(=O)OC2CCC(c3ccc(-c4ccc(CCC)cc4)c(F)c3F)CC2)cc1F. The molecule has 5 heteroatoms.